The summed E-state index contributed by atoms with van der Waals surface area (Å²) in [4.78, 5) is 37.8. The van der Waals surface area contributed by atoms with Gasteiger partial charge >= 0.3 is 0 Å². The third kappa shape index (κ3) is 2.87. The molecular weight excluding hydrogens is 338 g/mol. The van der Waals surface area contributed by atoms with E-state index >= 15 is 0 Å². The van der Waals surface area contributed by atoms with Crippen molar-refractivity contribution in [2.24, 2.45) is 0 Å². The summed E-state index contributed by atoms with van der Waals surface area (Å²) in [5.41, 5.74) is 3.33. The van der Waals surface area contributed by atoms with Crippen molar-refractivity contribution in [1.29, 1.82) is 0 Å². The summed E-state index contributed by atoms with van der Waals surface area (Å²) in [6, 6.07) is 18.5. The lowest BCUT2D eigenvalue weighted by Gasteiger charge is -2.18. The van der Waals surface area contributed by atoms with Crippen LogP contribution >= 0.6 is 0 Å². The van der Waals surface area contributed by atoms with Crippen molar-refractivity contribution < 1.29 is 14.4 Å². The van der Waals surface area contributed by atoms with Crippen LogP contribution in [0.5, 0.6) is 0 Å². The molecule has 4 nitrogen and oxygen atoms in total. The minimum Gasteiger partial charge on any atom is -0.322 e. The number of nitrogens with one attached hydrogen (secondary N) is 1. The molecule has 0 spiro atoms. The Morgan fingerprint density at radius 1 is 0.778 bits per heavy atom. The van der Waals surface area contributed by atoms with Crippen LogP contribution in [0, 0.1) is 0 Å². The van der Waals surface area contributed by atoms with Crippen molar-refractivity contribution in [2.45, 2.75) is 0 Å². The minimum absolute atomic E-state index is 0.182. The van der Waals surface area contributed by atoms with Crippen LogP contribution in [0.3, 0.4) is 0 Å². The van der Waals surface area contributed by atoms with Crippen LogP contribution < -0.4 is 5.32 Å². The number of fused-ring (bicyclic) bond motifs is 2. The van der Waals surface area contributed by atoms with Crippen LogP contribution in [-0.4, -0.2) is 17.5 Å². The maximum atomic E-state index is 12.8. The fourth-order valence-electron chi connectivity index (χ4n) is 3.15. The van der Waals surface area contributed by atoms with Crippen LogP contribution in [0.25, 0.3) is 6.08 Å². The average molecular weight is 353 g/mol. The Labute approximate surface area is 156 Å². The largest absolute Gasteiger partial charge is 0.322 e. The van der Waals surface area contributed by atoms with Gasteiger partial charge in [0.2, 0.25) is 0 Å². The predicted octanol–water partition coefficient (Wildman–Crippen LogP) is 4.36. The number of hydrogen-bond acceptors (Lipinski definition) is 3. The predicted molar refractivity (Wildman–Crippen MR) is 104 cm³/mol. The van der Waals surface area contributed by atoms with E-state index in [0.717, 1.165) is 5.56 Å². The van der Waals surface area contributed by atoms with Gasteiger partial charge in [0.05, 0.1) is 0 Å². The van der Waals surface area contributed by atoms with Crippen molar-refractivity contribution in [2.75, 3.05) is 5.32 Å². The second kappa shape index (κ2) is 6.50. The zero-order valence-electron chi connectivity index (χ0n) is 14.4. The average Bonchev–Trinajstić information content (AvgIpc) is 2.72. The van der Waals surface area contributed by atoms with Gasteiger partial charge in [-0.2, -0.15) is 0 Å². The first-order chi connectivity index (χ1) is 13.1. The zero-order chi connectivity index (χ0) is 19.0. The molecule has 130 valence electrons. The third-order valence-electron chi connectivity index (χ3n) is 4.59. The molecule has 0 radical (unpaired) electrons. The van der Waals surface area contributed by atoms with Crippen LogP contribution in [0.4, 0.5) is 5.69 Å². The summed E-state index contributed by atoms with van der Waals surface area (Å²) in [5, 5.41) is 2.78. The quantitative estimate of drug-likeness (QED) is 0.595. The summed E-state index contributed by atoms with van der Waals surface area (Å²) in [6.45, 7) is 3.68. The molecule has 3 aromatic rings. The molecule has 1 aliphatic rings. The van der Waals surface area contributed by atoms with Gasteiger partial charge in [-0.3, -0.25) is 14.4 Å². The van der Waals surface area contributed by atoms with E-state index in [2.05, 4.69) is 11.9 Å². The molecule has 4 heteroatoms. The van der Waals surface area contributed by atoms with Crippen molar-refractivity contribution in [3.63, 3.8) is 0 Å². The fraction of sp³-hybridized carbons (Fsp3) is 0. The number of ketones is 2. The molecule has 0 unspecified atom stereocenters. The summed E-state index contributed by atoms with van der Waals surface area (Å²) in [7, 11) is 0. The van der Waals surface area contributed by atoms with Crippen LogP contribution in [0.2, 0.25) is 0 Å². The summed E-state index contributed by atoms with van der Waals surface area (Å²) in [6.07, 6.45) is 1.70. The summed E-state index contributed by atoms with van der Waals surface area (Å²) in [5.74, 6) is -0.690. The first-order valence-corrected chi connectivity index (χ1v) is 8.45. The normalized spacial score (nSPS) is 12.1. The minimum atomic E-state index is -0.291. The van der Waals surface area contributed by atoms with E-state index in [0.29, 0.717) is 33.5 Å². The van der Waals surface area contributed by atoms with Gasteiger partial charge < -0.3 is 5.32 Å². The highest BCUT2D eigenvalue weighted by molar-refractivity contribution is 6.28. The number of rotatable bonds is 3. The summed E-state index contributed by atoms with van der Waals surface area (Å²) >= 11 is 0. The molecular formula is C23H15NO3. The molecule has 0 heterocycles. The van der Waals surface area contributed by atoms with E-state index < -0.39 is 0 Å². The zero-order valence-corrected chi connectivity index (χ0v) is 14.4. The smallest absolute Gasteiger partial charge is 0.255 e. The second-order valence-electron chi connectivity index (χ2n) is 6.24. The number of carbonyl (C=O) groups is 3. The number of anilines is 1. The maximum absolute atomic E-state index is 12.8. The van der Waals surface area contributed by atoms with Gasteiger partial charge in [0, 0.05) is 33.5 Å². The molecule has 4 rings (SSSR count). The topological polar surface area (TPSA) is 63.2 Å². The molecule has 0 aromatic heterocycles. The molecule has 1 N–H and O–H groups in total. The Morgan fingerprint density at radius 2 is 1.37 bits per heavy atom. The second-order valence-corrected chi connectivity index (χ2v) is 6.24. The van der Waals surface area contributed by atoms with Gasteiger partial charge in [-0.1, -0.05) is 49.1 Å². The van der Waals surface area contributed by atoms with Gasteiger partial charge in [0.25, 0.3) is 5.91 Å². The highest BCUT2D eigenvalue weighted by Gasteiger charge is 2.29. The fourth-order valence-corrected chi connectivity index (χ4v) is 3.15. The van der Waals surface area contributed by atoms with E-state index in [1.807, 2.05) is 0 Å². The van der Waals surface area contributed by atoms with Crippen molar-refractivity contribution in [3.05, 3.63) is 107 Å². The Morgan fingerprint density at radius 3 is 2.00 bits per heavy atom. The molecule has 1 aliphatic carbocycles. The summed E-state index contributed by atoms with van der Waals surface area (Å²) < 4.78 is 0. The van der Waals surface area contributed by atoms with Crippen LogP contribution in [0.15, 0.2) is 73.3 Å². The number of carbonyl (C=O) groups excluding carboxylic acids is 3. The standard InChI is InChI=1S/C23H15NO3/c1-2-14-7-9-15(10-8-14)23(27)24-16-11-12-19-20(13-16)22(26)18-6-4-3-5-17(18)21(19)25/h2-13H,1H2,(H,24,27). The third-order valence-corrected chi connectivity index (χ3v) is 4.59. The van der Waals surface area contributed by atoms with Crippen molar-refractivity contribution in [1.82, 2.24) is 0 Å². The SMILES string of the molecule is C=Cc1ccc(C(=O)Nc2ccc3c(c2)C(=O)c2ccccc2C3=O)cc1. The van der Waals surface area contributed by atoms with E-state index in [-0.39, 0.29) is 17.5 Å². The van der Waals surface area contributed by atoms with Crippen molar-refractivity contribution >= 4 is 29.2 Å². The van der Waals surface area contributed by atoms with E-state index in [4.69, 9.17) is 0 Å². The lowest BCUT2D eigenvalue weighted by Crippen LogP contribution is -2.21. The van der Waals surface area contributed by atoms with Gasteiger partial charge in [0.15, 0.2) is 11.6 Å². The van der Waals surface area contributed by atoms with E-state index in [1.54, 1.807) is 72.8 Å². The molecule has 0 bridgehead atoms. The van der Waals surface area contributed by atoms with E-state index in [9.17, 15) is 14.4 Å². The monoisotopic (exact) mass is 353 g/mol. The molecule has 0 atom stereocenters. The molecule has 0 saturated carbocycles. The first-order valence-electron chi connectivity index (χ1n) is 8.45. The van der Waals surface area contributed by atoms with Gasteiger partial charge in [-0.15, -0.1) is 0 Å². The molecule has 1 amide bonds. The lowest BCUT2D eigenvalue weighted by atomic mass is 9.84. The molecule has 0 saturated heterocycles. The van der Waals surface area contributed by atoms with Crippen LogP contribution in [-0.2, 0) is 0 Å². The molecule has 3 aromatic carbocycles. The first kappa shape index (κ1) is 16.7. The molecule has 0 aliphatic heterocycles. The number of amides is 1. The Bertz CT molecular complexity index is 1110. The number of hydrogen-bond donors (Lipinski definition) is 1. The van der Waals surface area contributed by atoms with Crippen molar-refractivity contribution in [3.8, 4) is 0 Å². The Balaban J connectivity index is 1.65. The maximum Gasteiger partial charge on any atom is 0.255 e. The highest BCUT2D eigenvalue weighted by Crippen LogP contribution is 2.29. The number of benzene rings is 3. The highest BCUT2D eigenvalue weighted by atomic mass is 16.2. The van der Waals surface area contributed by atoms with Gasteiger partial charge in [0.1, 0.15) is 0 Å². The van der Waals surface area contributed by atoms with E-state index in [1.165, 1.54) is 0 Å². The lowest BCUT2D eigenvalue weighted by molar-refractivity contribution is 0.0979. The molecule has 27 heavy (non-hydrogen) atoms. The van der Waals surface area contributed by atoms with Gasteiger partial charge in [-0.25, -0.2) is 0 Å². The van der Waals surface area contributed by atoms with Crippen LogP contribution in [0.1, 0.15) is 47.8 Å². The Hall–Kier alpha value is -3.79. The Kier molecular flexibility index (Phi) is 4.01. The van der Waals surface area contributed by atoms with Gasteiger partial charge in [-0.05, 0) is 35.9 Å². The molecule has 0 fully saturated rings.